The van der Waals surface area contributed by atoms with E-state index in [1.165, 1.54) is 6.26 Å². The molecule has 3 aromatic heterocycles. The van der Waals surface area contributed by atoms with Gasteiger partial charge in [0.1, 0.15) is 18.1 Å². The van der Waals surface area contributed by atoms with Gasteiger partial charge in [-0.2, -0.15) is 0 Å². The number of aryl methyl sites for hydroxylation is 1. The number of pyridine rings is 1. The minimum absolute atomic E-state index is 0.0499. The standard InChI is InChI=1S/C18H19N5O3/c1-12-17-21-20-16(11-26-14-4-3-6-19-10-14)23(17)8-7-22(12)18(24)15-5-9-25-13(15)2/h3-6,9-10,12H,7-8,11H2,1-2H3/t12-/m0/s1. The maximum absolute atomic E-state index is 12.8. The number of ether oxygens (including phenoxy) is 1. The Kier molecular flexibility index (Phi) is 4.16. The molecule has 134 valence electrons. The van der Waals surface area contributed by atoms with Crippen molar-refractivity contribution in [3.8, 4) is 5.75 Å². The van der Waals surface area contributed by atoms with E-state index < -0.39 is 0 Å². The molecule has 1 aliphatic heterocycles. The van der Waals surface area contributed by atoms with Crippen molar-refractivity contribution < 1.29 is 13.9 Å². The number of nitrogens with zero attached hydrogens (tertiary/aromatic N) is 5. The number of fused-ring (bicyclic) bond motifs is 1. The van der Waals surface area contributed by atoms with Crippen molar-refractivity contribution in [1.29, 1.82) is 0 Å². The number of carbonyl (C=O) groups is 1. The minimum Gasteiger partial charge on any atom is -0.484 e. The average molecular weight is 353 g/mol. The van der Waals surface area contributed by atoms with Crippen LogP contribution in [0.25, 0.3) is 0 Å². The molecule has 1 atom stereocenters. The Morgan fingerprint density at radius 3 is 2.96 bits per heavy atom. The van der Waals surface area contributed by atoms with Crippen LogP contribution in [-0.4, -0.2) is 37.1 Å². The van der Waals surface area contributed by atoms with Crippen LogP contribution in [0.1, 0.15) is 40.7 Å². The predicted molar refractivity (Wildman–Crippen MR) is 91.5 cm³/mol. The van der Waals surface area contributed by atoms with E-state index in [4.69, 9.17) is 9.15 Å². The molecule has 0 unspecified atom stereocenters. The molecule has 4 rings (SSSR count). The van der Waals surface area contributed by atoms with Crippen LogP contribution in [0.4, 0.5) is 0 Å². The number of hydrogen-bond donors (Lipinski definition) is 0. The second kappa shape index (κ2) is 6.62. The Morgan fingerprint density at radius 1 is 1.35 bits per heavy atom. The van der Waals surface area contributed by atoms with Crippen LogP contribution in [0.5, 0.6) is 5.75 Å². The van der Waals surface area contributed by atoms with E-state index in [0.717, 1.165) is 11.6 Å². The summed E-state index contributed by atoms with van der Waals surface area (Å²) in [5, 5.41) is 8.53. The van der Waals surface area contributed by atoms with Gasteiger partial charge >= 0.3 is 0 Å². The molecule has 0 radical (unpaired) electrons. The number of carbonyl (C=O) groups excluding carboxylic acids is 1. The van der Waals surface area contributed by atoms with Crippen LogP contribution < -0.4 is 4.74 Å². The summed E-state index contributed by atoms with van der Waals surface area (Å²) in [6.45, 7) is 5.26. The minimum atomic E-state index is -0.176. The summed E-state index contributed by atoms with van der Waals surface area (Å²) < 4.78 is 13.0. The molecule has 0 spiro atoms. The van der Waals surface area contributed by atoms with E-state index in [1.807, 2.05) is 23.6 Å². The fourth-order valence-corrected chi connectivity index (χ4v) is 3.17. The molecule has 1 aliphatic rings. The van der Waals surface area contributed by atoms with Gasteiger partial charge in [-0.05, 0) is 32.0 Å². The zero-order chi connectivity index (χ0) is 18.1. The Morgan fingerprint density at radius 2 is 2.23 bits per heavy atom. The topological polar surface area (TPSA) is 86.3 Å². The molecule has 0 saturated carbocycles. The quantitative estimate of drug-likeness (QED) is 0.716. The first-order chi connectivity index (χ1) is 12.6. The molecule has 8 nitrogen and oxygen atoms in total. The molecule has 1 amide bonds. The fourth-order valence-electron chi connectivity index (χ4n) is 3.17. The third-order valence-corrected chi connectivity index (χ3v) is 4.61. The fraction of sp³-hybridized carbons (Fsp3) is 0.333. The van der Waals surface area contributed by atoms with E-state index in [0.29, 0.717) is 36.8 Å². The molecule has 0 aromatic carbocycles. The average Bonchev–Trinajstić information content (AvgIpc) is 3.27. The number of rotatable bonds is 4. The van der Waals surface area contributed by atoms with Crippen molar-refractivity contribution in [2.75, 3.05) is 6.54 Å². The first kappa shape index (κ1) is 16.3. The molecule has 0 saturated heterocycles. The van der Waals surface area contributed by atoms with Crippen LogP contribution in [0.3, 0.4) is 0 Å². The summed E-state index contributed by atoms with van der Waals surface area (Å²) in [5.41, 5.74) is 0.588. The van der Waals surface area contributed by atoms with Gasteiger partial charge in [0.2, 0.25) is 0 Å². The van der Waals surface area contributed by atoms with E-state index in [9.17, 15) is 4.79 Å². The highest BCUT2D eigenvalue weighted by Crippen LogP contribution is 2.27. The summed E-state index contributed by atoms with van der Waals surface area (Å²) in [5.74, 6) is 2.75. The van der Waals surface area contributed by atoms with E-state index in [2.05, 4.69) is 15.2 Å². The Labute approximate surface area is 150 Å². The third kappa shape index (κ3) is 2.83. The van der Waals surface area contributed by atoms with Gasteiger partial charge in [-0.25, -0.2) is 0 Å². The van der Waals surface area contributed by atoms with Crippen molar-refractivity contribution in [2.24, 2.45) is 0 Å². The molecule has 26 heavy (non-hydrogen) atoms. The van der Waals surface area contributed by atoms with Gasteiger partial charge in [0.25, 0.3) is 5.91 Å². The van der Waals surface area contributed by atoms with Crippen LogP contribution in [0.15, 0.2) is 41.3 Å². The largest absolute Gasteiger partial charge is 0.484 e. The van der Waals surface area contributed by atoms with Crippen molar-refractivity contribution >= 4 is 5.91 Å². The number of aromatic nitrogens is 4. The van der Waals surface area contributed by atoms with Gasteiger partial charge in [0.05, 0.1) is 24.1 Å². The molecule has 0 aliphatic carbocycles. The molecule has 4 heterocycles. The van der Waals surface area contributed by atoms with Crippen LogP contribution in [0, 0.1) is 6.92 Å². The number of amides is 1. The smallest absolute Gasteiger partial charge is 0.258 e. The van der Waals surface area contributed by atoms with Gasteiger partial charge in [0.15, 0.2) is 11.6 Å². The molecule has 0 bridgehead atoms. The predicted octanol–water partition coefficient (Wildman–Crippen LogP) is 2.37. The molecular weight excluding hydrogens is 334 g/mol. The molecular formula is C18H19N5O3. The second-order valence-corrected chi connectivity index (χ2v) is 6.17. The first-order valence-electron chi connectivity index (χ1n) is 8.45. The van der Waals surface area contributed by atoms with E-state index >= 15 is 0 Å². The summed E-state index contributed by atoms with van der Waals surface area (Å²) in [7, 11) is 0. The highest BCUT2D eigenvalue weighted by molar-refractivity contribution is 5.95. The normalized spacial score (nSPS) is 16.4. The van der Waals surface area contributed by atoms with Crippen LogP contribution in [0.2, 0.25) is 0 Å². The number of furan rings is 1. The lowest BCUT2D eigenvalue weighted by Crippen LogP contribution is -2.41. The zero-order valence-corrected chi connectivity index (χ0v) is 14.6. The Bertz CT molecular complexity index is 918. The summed E-state index contributed by atoms with van der Waals surface area (Å²) in [4.78, 5) is 18.6. The maximum Gasteiger partial charge on any atom is 0.258 e. The highest BCUT2D eigenvalue weighted by Gasteiger charge is 2.32. The van der Waals surface area contributed by atoms with Gasteiger partial charge < -0.3 is 18.6 Å². The maximum atomic E-state index is 12.8. The lowest BCUT2D eigenvalue weighted by molar-refractivity contribution is 0.0633. The van der Waals surface area contributed by atoms with Crippen LogP contribution >= 0.6 is 0 Å². The molecule has 8 heteroatoms. The summed E-state index contributed by atoms with van der Waals surface area (Å²) in [6, 6.07) is 5.19. The summed E-state index contributed by atoms with van der Waals surface area (Å²) in [6.07, 6.45) is 4.89. The van der Waals surface area contributed by atoms with Crippen LogP contribution in [-0.2, 0) is 13.2 Å². The van der Waals surface area contributed by atoms with Gasteiger partial charge in [0, 0.05) is 19.3 Å². The van der Waals surface area contributed by atoms with Crippen molar-refractivity contribution in [1.82, 2.24) is 24.6 Å². The highest BCUT2D eigenvalue weighted by atomic mass is 16.5. The third-order valence-electron chi connectivity index (χ3n) is 4.61. The molecule has 0 N–H and O–H groups in total. The second-order valence-electron chi connectivity index (χ2n) is 6.17. The van der Waals surface area contributed by atoms with Gasteiger partial charge in [-0.15, -0.1) is 10.2 Å². The van der Waals surface area contributed by atoms with Gasteiger partial charge in [-0.1, -0.05) is 0 Å². The summed E-state index contributed by atoms with van der Waals surface area (Å²) >= 11 is 0. The SMILES string of the molecule is Cc1occc1C(=O)N1CCn2c(COc3cccnc3)nnc2[C@@H]1C. The van der Waals surface area contributed by atoms with E-state index in [1.54, 1.807) is 30.3 Å². The lowest BCUT2D eigenvalue weighted by atomic mass is 10.1. The van der Waals surface area contributed by atoms with Crippen molar-refractivity contribution in [2.45, 2.75) is 33.0 Å². The lowest BCUT2D eigenvalue weighted by Gasteiger charge is -2.33. The van der Waals surface area contributed by atoms with Gasteiger partial charge in [-0.3, -0.25) is 9.78 Å². The Hall–Kier alpha value is -3.16. The molecule has 3 aromatic rings. The molecule has 0 fully saturated rings. The van der Waals surface area contributed by atoms with Crippen molar-refractivity contribution in [3.05, 3.63) is 59.8 Å². The zero-order valence-electron chi connectivity index (χ0n) is 14.6. The first-order valence-corrected chi connectivity index (χ1v) is 8.45. The van der Waals surface area contributed by atoms with E-state index in [-0.39, 0.29) is 11.9 Å². The number of hydrogen-bond acceptors (Lipinski definition) is 6. The van der Waals surface area contributed by atoms with Crippen molar-refractivity contribution in [3.63, 3.8) is 0 Å². The Balaban J connectivity index is 1.51. The monoisotopic (exact) mass is 353 g/mol.